The van der Waals surface area contributed by atoms with E-state index in [0.29, 0.717) is 18.5 Å². The van der Waals surface area contributed by atoms with E-state index in [2.05, 4.69) is 5.32 Å². The molecule has 0 saturated carbocycles. The number of nitrogens with one attached hydrogen (secondary N) is 1. The highest BCUT2D eigenvalue weighted by Gasteiger charge is 2.21. The summed E-state index contributed by atoms with van der Waals surface area (Å²) in [6, 6.07) is 16.7. The fourth-order valence-electron chi connectivity index (χ4n) is 2.19. The normalized spacial score (nSPS) is 11.6. The Balaban J connectivity index is 1.93. The van der Waals surface area contributed by atoms with Gasteiger partial charge in [-0.25, -0.2) is 4.79 Å². The zero-order valence-electron chi connectivity index (χ0n) is 13.4. The number of aryl methyl sites for hydroxylation is 1. The second-order valence-electron chi connectivity index (χ2n) is 5.38. The monoisotopic (exact) mass is 311 g/mol. The molecule has 2 rings (SSSR count). The number of carbonyl (C=O) groups is 2. The molecule has 0 aliphatic rings. The van der Waals surface area contributed by atoms with Crippen molar-refractivity contribution in [2.75, 3.05) is 0 Å². The summed E-state index contributed by atoms with van der Waals surface area (Å²) in [6.07, 6.45) is -0.357. The van der Waals surface area contributed by atoms with E-state index in [0.717, 1.165) is 11.1 Å². The number of ether oxygens (including phenoxy) is 1. The summed E-state index contributed by atoms with van der Waals surface area (Å²) >= 11 is 0. The molecule has 1 unspecified atom stereocenters. The number of hydrogen-bond acceptors (Lipinski definition) is 3. The summed E-state index contributed by atoms with van der Waals surface area (Å²) in [4.78, 5) is 24.3. The van der Waals surface area contributed by atoms with Crippen molar-refractivity contribution >= 4 is 11.9 Å². The fourth-order valence-corrected chi connectivity index (χ4v) is 2.19. The molecule has 1 atom stereocenters. The second kappa shape index (κ2) is 8.13. The van der Waals surface area contributed by atoms with Crippen LogP contribution in [0, 0.1) is 6.92 Å². The van der Waals surface area contributed by atoms with Crippen molar-refractivity contribution in [3.63, 3.8) is 0 Å². The van der Waals surface area contributed by atoms with Gasteiger partial charge in [0.25, 0.3) is 5.91 Å². The van der Waals surface area contributed by atoms with Crippen LogP contribution >= 0.6 is 0 Å². The van der Waals surface area contributed by atoms with Crippen LogP contribution < -0.4 is 5.32 Å². The largest absolute Gasteiger partial charge is 0.449 e. The van der Waals surface area contributed by atoms with E-state index in [1.54, 1.807) is 18.2 Å². The highest BCUT2D eigenvalue weighted by atomic mass is 16.5. The molecule has 0 bridgehead atoms. The molecule has 0 aromatic heterocycles. The summed E-state index contributed by atoms with van der Waals surface area (Å²) in [7, 11) is 0. The van der Waals surface area contributed by atoms with Gasteiger partial charge in [-0.1, -0.05) is 55.0 Å². The minimum atomic E-state index is -0.785. The van der Waals surface area contributed by atoms with E-state index in [1.807, 2.05) is 50.2 Å². The van der Waals surface area contributed by atoms with Crippen molar-refractivity contribution in [1.29, 1.82) is 0 Å². The van der Waals surface area contributed by atoms with Gasteiger partial charge >= 0.3 is 5.97 Å². The maximum absolute atomic E-state index is 12.2. The lowest BCUT2D eigenvalue weighted by molar-refractivity contribution is -0.130. The minimum Gasteiger partial charge on any atom is -0.449 e. The molecule has 0 heterocycles. The summed E-state index contributed by atoms with van der Waals surface area (Å²) in [5.74, 6) is -0.757. The average Bonchev–Trinajstić information content (AvgIpc) is 2.58. The number of amides is 1. The molecule has 1 N–H and O–H groups in total. The molecule has 120 valence electrons. The van der Waals surface area contributed by atoms with Crippen molar-refractivity contribution in [1.82, 2.24) is 5.32 Å². The third kappa shape index (κ3) is 4.95. The molecule has 0 spiro atoms. The predicted molar refractivity (Wildman–Crippen MR) is 89.0 cm³/mol. The van der Waals surface area contributed by atoms with Gasteiger partial charge in [0.2, 0.25) is 0 Å². The second-order valence-corrected chi connectivity index (χ2v) is 5.38. The van der Waals surface area contributed by atoms with Crippen LogP contribution in [0.25, 0.3) is 0 Å². The molecule has 0 radical (unpaired) electrons. The molecule has 23 heavy (non-hydrogen) atoms. The molecule has 0 saturated heterocycles. The van der Waals surface area contributed by atoms with Gasteiger partial charge < -0.3 is 10.1 Å². The lowest BCUT2D eigenvalue weighted by Crippen LogP contribution is -2.37. The van der Waals surface area contributed by atoms with E-state index in [-0.39, 0.29) is 5.91 Å². The Morgan fingerprint density at radius 2 is 1.83 bits per heavy atom. The van der Waals surface area contributed by atoms with Crippen LogP contribution in [0.1, 0.15) is 34.8 Å². The van der Waals surface area contributed by atoms with Gasteiger partial charge in [0, 0.05) is 6.54 Å². The first kappa shape index (κ1) is 16.7. The molecular formula is C19H21NO3. The zero-order valence-corrected chi connectivity index (χ0v) is 13.4. The number of carbonyl (C=O) groups excluding carboxylic acids is 2. The first-order valence-electron chi connectivity index (χ1n) is 7.69. The molecular weight excluding hydrogens is 290 g/mol. The Morgan fingerprint density at radius 3 is 2.48 bits per heavy atom. The van der Waals surface area contributed by atoms with Crippen LogP contribution in [0.4, 0.5) is 0 Å². The molecule has 0 fully saturated rings. The molecule has 4 heteroatoms. The van der Waals surface area contributed by atoms with Crippen LogP contribution in [0.5, 0.6) is 0 Å². The summed E-state index contributed by atoms with van der Waals surface area (Å²) < 4.78 is 5.34. The molecule has 1 amide bonds. The number of hydrogen-bond donors (Lipinski definition) is 1. The van der Waals surface area contributed by atoms with E-state index in [4.69, 9.17) is 4.74 Å². The lowest BCUT2D eigenvalue weighted by atomic mass is 10.1. The zero-order chi connectivity index (χ0) is 16.7. The molecule has 2 aromatic carbocycles. The smallest absolute Gasteiger partial charge is 0.338 e. The Labute approximate surface area is 136 Å². The van der Waals surface area contributed by atoms with Gasteiger partial charge in [-0.2, -0.15) is 0 Å². The number of benzene rings is 2. The minimum absolute atomic E-state index is 0.280. The Morgan fingerprint density at radius 1 is 1.09 bits per heavy atom. The standard InChI is InChI=1S/C19H21NO3/c1-3-17(18(21)20-13-15-9-5-4-6-10-15)23-19(22)16-11-7-8-14(2)12-16/h4-12,17H,3,13H2,1-2H3,(H,20,21). The first-order chi connectivity index (χ1) is 11.1. The lowest BCUT2D eigenvalue weighted by Gasteiger charge is -2.16. The third-order valence-electron chi connectivity index (χ3n) is 3.48. The number of esters is 1. The van der Waals surface area contributed by atoms with Crippen LogP contribution in [-0.4, -0.2) is 18.0 Å². The van der Waals surface area contributed by atoms with E-state index in [1.165, 1.54) is 0 Å². The Kier molecular flexibility index (Phi) is 5.92. The highest BCUT2D eigenvalue weighted by molar-refractivity contribution is 5.92. The maximum Gasteiger partial charge on any atom is 0.338 e. The van der Waals surface area contributed by atoms with Crippen molar-refractivity contribution in [3.05, 3.63) is 71.3 Å². The van der Waals surface area contributed by atoms with Crippen LogP contribution in [0.15, 0.2) is 54.6 Å². The van der Waals surface area contributed by atoms with E-state index >= 15 is 0 Å². The van der Waals surface area contributed by atoms with Crippen LogP contribution in [0.3, 0.4) is 0 Å². The fraction of sp³-hybridized carbons (Fsp3) is 0.263. The van der Waals surface area contributed by atoms with Crippen molar-refractivity contribution < 1.29 is 14.3 Å². The van der Waals surface area contributed by atoms with Crippen molar-refractivity contribution in [2.45, 2.75) is 32.9 Å². The quantitative estimate of drug-likeness (QED) is 0.833. The first-order valence-corrected chi connectivity index (χ1v) is 7.69. The highest BCUT2D eigenvalue weighted by Crippen LogP contribution is 2.09. The van der Waals surface area contributed by atoms with Gasteiger partial charge in [-0.3, -0.25) is 4.79 Å². The summed E-state index contributed by atoms with van der Waals surface area (Å²) in [5.41, 5.74) is 2.43. The van der Waals surface area contributed by atoms with Gasteiger partial charge in [-0.05, 0) is 31.0 Å². The maximum atomic E-state index is 12.2. The van der Waals surface area contributed by atoms with Gasteiger partial charge in [0.05, 0.1) is 5.56 Å². The SMILES string of the molecule is CCC(OC(=O)c1cccc(C)c1)C(=O)NCc1ccccc1. The molecule has 0 aliphatic carbocycles. The average molecular weight is 311 g/mol. The molecule has 0 aliphatic heterocycles. The third-order valence-corrected chi connectivity index (χ3v) is 3.48. The predicted octanol–water partition coefficient (Wildman–Crippen LogP) is 3.25. The molecule has 2 aromatic rings. The Bertz CT molecular complexity index is 667. The topological polar surface area (TPSA) is 55.4 Å². The van der Waals surface area contributed by atoms with E-state index in [9.17, 15) is 9.59 Å². The van der Waals surface area contributed by atoms with Gasteiger partial charge in [0.15, 0.2) is 6.10 Å². The van der Waals surface area contributed by atoms with Crippen LogP contribution in [-0.2, 0) is 16.1 Å². The van der Waals surface area contributed by atoms with E-state index < -0.39 is 12.1 Å². The van der Waals surface area contributed by atoms with Gasteiger partial charge in [-0.15, -0.1) is 0 Å². The van der Waals surface area contributed by atoms with Crippen molar-refractivity contribution in [3.8, 4) is 0 Å². The van der Waals surface area contributed by atoms with Crippen molar-refractivity contribution in [2.24, 2.45) is 0 Å². The Hall–Kier alpha value is -2.62. The van der Waals surface area contributed by atoms with Crippen LogP contribution in [0.2, 0.25) is 0 Å². The molecule has 4 nitrogen and oxygen atoms in total. The summed E-state index contributed by atoms with van der Waals surface area (Å²) in [5, 5.41) is 2.80. The summed E-state index contributed by atoms with van der Waals surface area (Å²) in [6.45, 7) is 4.13. The van der Waals surface area contributed by atoms with Gasteiger partial charge in [0.1, 0.15) is 0 Å². The number of rotatable bonds is 6.